The molecule has 2 aromatic carbocycles. The maximum atomic E-state index is 9.70. The van der Waals surface area contributed by atoms with Crippen LogP contribution in [0.5, 0.6) is 5.75 Å². The van der Waals surface area contributed by atoms with Crippen LogP contribution in [0, 0.1) is 17.2 Å². The molecule has 1 saturated carbocycles. The van der Waals surface area contributed by atoms with Crippen molar-refractivity contribution in [2.24, 2.45) is 5.92 Å². The van der Waals surface area contributed by atoms with Crippen LogP contribution in [0.25, 0.3) is 11.1 Å². The van der Waals surface area contributed by atoms with Crippen molar-refractivity contribution in [1.29, 1.82) is 5.26 Å². The second-order valence-corrected chi connectivity index (χ2v) is 9.56. The van der Waals surface area contributed by atoms with Gasteiger partial charge in [0.2, 0.25) is 0 Å². The molecule has 0 unspecified atom stereocenters. The quantitative estimate of drug-likeness (QED) is 0.314. The first-order chi connectivity index (χ1) is 15.7. The summed E-state index contributed by atoms with van der Waals surface area (Å²) >= 11 is 0. The number of rotatable bonds is 12. The first kappa shape index (κ1) is 24.4. The van der Waals surface area contributed by atoms with E-state index in [2.05, 4.69) is 44.2 Å². The molecular formula is C30H41NO. The molecular weight excluding hydrogens is 390 g/mol. The molecule has 3 rings (SSSR count). The highest BCUT2D eigenvalue weighted by Gasteiger charge is 2.22. The largest absolute Gasteiger partial charge is 0.494 e. The van der Waals surface area contributed by atoms with Crippen molar-refractivity contribution in [3.8, 4) is 22.9 Å². The molecule has 0 aliphatic heterocycles. The van der Waals surface area contributed by atoms with Gasteiger partial charge in [0.1, 0.15) is 5.75 Å². The molecule has 0 amide bonds. The van der Waals surface area contributed by atoms with Gasteiger partial charge >= 0.3 is 0 Å². The van der Waals surface area contributed by atoms with Gasteiger partial charge in [0.05, 0.1) is 18.2 Å². The standard InChI is InChI=1S/C30H41NO/c1-3-5-7-9-21-32-29-19-20-30(28(22-29)23-31)27-17-15-26(16-18-27)25-13-11-24(12-14-25)10-8-6-4-2/h15-20,22,24-25H,3-14,21H2,1-2H3/t24-,25-. The summed E-state index contributed by atoms with van der Waals surface area (Å²) in [6.45, 7) is 5.23. The third-order valence-electron chi connectivity index (χ3n) is 7.13. The zero-order valence-corrected chi connectivity index (χ0v) is 20.2. The van der Waals surface area contributed by atoms with Gasteiger partial charge in [-0.15, -0.1) is 0 Å². The fourth-order valence-corrected chi connectivity index (χ4v) is 5.08. The summed E-state index contributed by atoms with van der Waals surface area (Å²) in [5.41, 5.74) is 4.27. The molecule has 1 aliphatic rings. The highest BCUT2D eigenvalue weighted by molar-refractivity contribution is 5.71. The Morgan fingerprint density at radius 3 is 2.25 bits per heavy atom. The Hall–Kier alpha value is -2.27. The Bertz CT molecular complexity index is 840. The molecule has 2 heteroatoms. The number of benzene rings is 2. The molecule has 2 aromatic rings. The minimum Gasteiger partial charge on any atom is -0.494 e. The third kappa shape index (κ3) is 7.13. The van der Waals surface area contributed by atoms with Crippen LogP contribution in [0.3, 0.4) is 0 Å². The highest BCUT2D eigenvalue weighted by Crippen LogP contribution is 2.38. The number of ether oxygens (including phenoxy) is 1. The Morgan fingerprint density at radius 1 is 0.844 bits per heavy atom. The zero-order valence-electron chi connectivity index (χ0n) is 20.2. The predicted molar refractivity (Wildman–Crippen MR) is 135 cm³/mol. The lowest BCUT2D eigenvalue weighted by molar-refractivity contribution is 0.303. The molecule has 0 radical (unpaired) electrons. The number of unbranched alkanes of at least 4 members (excludes halogenated alkanes) is 5. The van der Waals surface area contributed by atoms with Gasteiger partial charge in [-0.3, -0.25) is 0 Å². The second kappa shape index (κ2) is 13.3. The van der Waals surface area contributed by atoms with Crippen molar-refractivity contribution in [3.05, 3.63) is 53.6 Å². The Labute approximate surface area is 196 Å². The molecule has 0 aromatic heterocycles. The summed E-state index contributed by atoms with van der Waals surface area (Å²) in [7, 11) is 0. The molecule has 2 nitrogen and oxygen atoms in total. The molecule has 1 fully saturated rings. The van der Waals surface area contributed by atoms with E-state index in [0.29, 0.717) is 11.5 Å². The molecule has 32 heavy (non-hydrogen) atoms. The maximum absolute atomic E-state index is 9.70. The fourth-order valence-electron chi connectivity index (χ4n) is 5.08. The lowest BCUT2D eigenvalue weighted by Gasteiger charge is -2.29. The van der Waals surface area contributed by atoms with E-state index in [1.165, 1.54) is 76.2 Å². The van der Waals surface area contributed by atoms with Crippen LogP contribution in [0.4, 0.5) is 0 Å². The van der Waals surface area contributed by atoms with Crippen LogP contribution in [0.15, 0.2) is 42.5 Å². The molecule has 172 valence electrons. The maximum Gasteiger partial charge on any atom is 0.120 e. The number of nitriles is 1. The Balaban J connectivity index is 1.57. The predicted octanol–water partition coefficient (Wildman–Crippen LogP) is 9.04. The molecule has 0 spiro atoms. The average molecular weight is 432 g/mol. The molecule has 0 N–H and O–H groups in total. The Kier molecular flexibility index (Phi) is 10.1. The SMILES string of the molecule is CCCCCCOc1ccc(-c2ccc([C@H]3CC[C@H](CCCCC)CC3)cc2)c(C#N)c1. The van der Waals surface area contributed by atoms with Crippen molar-refractivity contribution < 1.29 is 4.74 Å². The van der Waals surface area contributed by atoms with Crippen LogP contribution in [0.1, 0.15) is 108 Å². The summed E-state index contributed by atoms with van der Waals surface area (Å²) in [6, 6.07) is 17.3. The number of nitrogens with zero attached hydrogens (tertiary/aromatic N) is 1. The minimum atomic E-state index is 0.691. The van der Waals surface area contributed by atoms with Gasteiger partial charge in [0, 0.05) is 0 Å². The van der Waals surface area contributed by atoms with Gasteiger partial charge < -0.3 is 4.74 Å². The molecule has 0 bridgehead atoms. The summed E-state index contributed by atoms with van der Waals surface area (Å²) < 4.78 is 5.87. The van der Waals surface area contributed by atoms with Crippen LogP contribution in [0.2, 0.25) is 0 Å². The van der Waals surface area contributed by atoms with Crippen LogP contribution in [-0.4, -0.2) is 6.61 Å². The van der Waals surface area contributed by atoms with Gasteiger partial charge in [-0.1, -0.05) is 83.1 Å². The first-order valence-corrected chi connectivity index (χ1v) is 13.0. The fraction of sp³-hybridized carbons (Fsp3) is 0.567. The first-order valence-electron chi connectivity index (χ1n) is 13.0. The van der Waals surface area contributed by atoms with Crippen molar-refractivity contribution in [2.45, 2.75) is 96.8 Å². The van der Waals surface area contributed by atoms with Crippen LogP contribution >= 0.6 is 0 Å². The van der Waals surface area contributed by atoms with Crippen molar-refractivity contribution >= 4 is 0 Å². The lowest BCUT2D eigenvalue weighted by Crippen LogP contribution is -2.13. The van der Waals surface area contributed by atoms with Crippen molar-refractivity contribution in [2.75, 3.05) is 6.61 Å². The van der Waals surface area contributed by atoms with Gasteiger partial charge in [-0.25, -0.2) is 0 Å². The molecule has 1 aliphatic carbocycles. The van der Waals surface area contributed by atoms with E-state index in [-0.39, 0.29) is 0 Å². The third-order valence-corrected chi connectivity index (χ3v) is 7.13. The molecule has 0 heterocycles. The minimum absolute atomic E-state index is 0.691. The Morgan fingerprint density at radius 2 is 1.56 bits per heavy atom. The summed E-state index contributed by atoms with van der Waals surface area (Å²) in [5.74, 6) is 2.45. The molecule has 0 atom stereocenters. The van der Waals surface area contributed by atoms with Gasteiger partial charge in [-0.05, 0) is 78.8 Å². The van der Waals surface area contributed by atoms with Gasteiger partial charge in [-0.2, -0.15) is 5.26 Å². The number of hydrogen-bond acceptors (Lipinski definition) is 2. The highest BCUT2D eigenvalue weighted by atomic mass is 16.5. The normalized spacial score (nSPS) is 18.3. The van der Waals surface area contributed by atoms with E-state index in [1.54, 1.807) is 0 Å². The van der Waals surface area contributed by atoms with E-state index in [4.69, 9.17) is 4.74 Å². The van der Waals surface area contributed by atoms with E-state index >= 15 is 0 Å². The number of hydrogen-bond donors (Lipinski definition) is 0. The smallest absolute Gasteiger partial charge is 0.120 e. The topological polar surface area (TPSA) is 33.0 Å². The summed E-state index contributed by atoms with van der Waals surface area (Å²) in [5, 5.41) is 9.70. The monoisotopic (exact) mass is 431 g/mol. The van der Waals surface area contributed by atoms with Crippen molar-refractivity contribution in [1.82, 2.24) is 0 Å². The van der Waals surface area contributed by atoms with Gasteiger partial charge in [0.15, 0.2) is 0 Å². The van der Waals surface area contributed by atoms with Crippen LogP contribution < -0.4 is 4.74 Å². The van der Waals surface area contributed by atoms with Crippen LogP contribution in [-0.2, 0) is 0 Å². The van der Waals surface area contributed by atoms with Crippen molar-refractivity contribution in [3.63, 3.8) is 0 Å². The summed E-state index contributed by atoms with van der Waals surface area (Å²) in [6.07, 6.45) is 15.7. The lowest BCUT2D eigenvalue weighted by atomic mass is 9.77. The van der Waals surface area contributed by atoms with E-state index < -0.39 is 0 Å². The molecule has 0 saturated heterocycles. The average Bonchev–Trinajstić information content (AvgIpc) is 2.84. The van der Waals surface area contributed by atoms with E-state index in [1.807, 2.05) is 18.2 Å². The second-order valence-electron chi connectivity index (χ2n) is 9.56. The van der Waals surface area contributed by atoms with E-state index in [0.717, 1.165) is 35.8 Å². The summed E-state index contributed by atoms with van der Waals surface area (Å²) in [4.78, 5) is 0. The van der Waals surface area contributed by atoms with E-state index in [9.17, 15) is 5.26 Å². The van der Waals surface area contributed by atoms with Gasteiger partial charge in [0.25, 0.3) is 0 Å². The zero-order chi connectivity index (χ0) is 22.6.